The molecule has 0 amide bonds. The van der Waals surface area contributed by atoms with Crippen molar-refractivity contribution < 1.29 is 0 Å². The average molecular weight is 138 g/mol. The van der Waals surface area contributed by atoms with Crippen molar-refractivity contribution in [2.75, 3.05) is 0 Å². The minimum absolute atomic E-state index is 0.260. The standard InChI is InChI=1S/C8H14N2/c1-6(2)8(10)5-4-7(3)9/h4-6,9-10H,1-3H3/b5-4-,9-7?,10-8?. The third-order valence-corrected chi connectivity index (χ3v) is 1.13. The molecule has 0 aliphatic carbocycles. The molecule has 0 fully saturated rings. The van der Waals surface area contributed by atoms with Crippen molar-refractivity contribution in [1.82, 2.24) is 0 Å². The van der Waals surface area contributed by atoms with E-state index in [0.717, 1.165) is 0 Å². The Labute approximate surface area is 62.0 Å². The summed E-state index contributed by atoms with van der Waals surface area (Å²) >= 11 is 0. The molecule has 0 rings (SSSR count). The Bertz CT molecular complexity index is 166. The Morgan fingerprint density at radius 2 is 1.70 bits per heavy atom. The highest BCUT2D eigenvalue weighted by molar-refractivity contribution is 6.00. The molecule has 0 unspecified atom stereocenters. The largest absolute Gasteiger partial charge is 0.306 e. The first-order valence-corrected chi connectivity index (χ1v) is 3.35. The Morgan fingerprint density at radius 1 is 1.20 bits per heavy atom. The fourth-order valence-corrected chi connectivity index (χ4v) is 0.407. The van der Waals surface area contributed by atoms with Crippen LogP contribution in [0.4, 0.5) is 0 Å². The molecular formula is C8H14N2. The van der Waals surface area contributed by atoms with Crippen molar-refractivity contribution in [3.05, 3.63) is 12.2 Å². The molecule has 0 saturated carbocycles. The Morgan fingerprint density at radius 3 is 2.00 bits per heavy atom. The fraction of sp³-hybridized carbons (Fsp3) is 0.500. The summed E-state index contributed by atoms with van der Waals surface area (Å²) < 4.78 is 0. The summed E-state index contributed by atoms with van der Waals surface area (Å²) in [5.74, 6) is 0.260. The molecule has 0 spiro atoms. The lowest BCUT2D eigenvalue weighted by atomic mass is 10.1. The van der Waals surface area contributed by atoms with Gasteiger partial charge in [-0.2, -0.15) is 0 Å². The van der Waals surface area contributed by atoms with Gasteiger partial charge in [-0.1, -0.05) is 13.8 Å². The van der Waals surface area contributed by atoms with Crippen LogP contribution < -0.4 is 0 Å². The van der Waals surface area contributed by atoms with Crippen LogP contribution in [0.15, 0.2) is 12.2 Å². The summed E-state index contributed by atoms with van der Waals surface area (Å²) in [6, 6.07) is 0. The zero-order valence-corrected chi connectivity index (χ0v) is 6.73. The molecule has 2 nitrogen and oxygen atoms in total. The number of hydrogen-bond donors (Lipinski definition) is 2. The SMILES string of the molecule is CC(=N)/C=C\C(=N)C(C)C. The van der Waals surface area contributed by atoms with E-state index in [1.807, 2.05) is 13.8 Å². The van der Waals surface area contributed by atoms with Crippen LogP contribution in [0, 0.1) is 16.7 Å². The van der Waals surface area contributed by atoms with Crippen molar-refractivity contribution in [3.63, 3.8) is 0 Å². The third kappa shape index (κ3) is 4.01. The van der Waals surface area contributed by atoms with Gasteiger partial charge in [0, 0.05) is 11.4 Å². The zero-order valence-electron chi connectivity index (χ0n) is 6.73. The van der Waals surface area contributed by atoms with Crippen LogP contribution in [0.5, 0.6) is 0 Å². The minimum Gasteiger partial charge on any atom is -0.306 e. The van der Waals surface area contributed by atoms with Gasteiger partial charge in [0.25, 0.3) is 0 Å². The molecule has 0 aromatic rings. The lowest BCUT2D eigenvalue weighted by Crippen LogP contribution is -2.01. The second-order valence-electron chi connectivity index (χ2n) is 2.63. The monoisotopic (exact) mass is 138 g/mol. The number of hydrogen-bond acceptors (Lipinski definition) is 2. The Hall–Kier alpha value is -0.920. The van der Waals surface area contributed by atoms with E-state index < -0.39 is 0 Å². The van der Waals surface area contributed by atoms with E-state index in [1.54, 1.807) is 19.1 Å². The van der Waals surface area contributed by atoms with Crippen LogP contribution in [-0.4, -0.2) is 11.4 Å². The van der Waals surface area contributed by atoms with E-state index in [-0.39, 0.29) is 5.92 Å². The van der Waals surface area contributed by atoms with Crippen LogP contribution in [0.25, 0.3) is 0 Å². The fourth-order valence-electron chi connectivity index (χ4n) is 0.407. The predicted octanol–water partition coefficient (Wildman–Crippen LogP) is 2.26. The van der Waals surface area contributed by atoms with Gasteiger partial charge in [-0.05, 0) is 25.0 Å². The summed E-state index contributed by atoms with van der Waals surface area (Å²) in [5, 5.41) is 14.4. The molecule has 0 aliphatic heterocycles. The molecule has 10 heavy (non-hydrogen) atoms. The Balaban J connectivity index is 3.90. The van der Waals surface area contributed by atoms with Gasteiger partial charge < -0.3 is 10.8 Å². The van der Waals surface area contributed by atoms with Gasteiger partial charge in [-0.15, -0.1) is 0 Å². The van der Waals surface area contributed by atoms with Crippen molar-refractivity contribution in [2.45, 2.75) is 20.8 Å². The molecule has 0 aliphatic rings. The highest BCUT2D eigenvalue weighted by Gasteiger charge is 1.95. The number of nitrogens with one attached hydrogen (secondary N) is 2. The van der Waals surface area contributed by atoms with Crippen molar-refractivity contribution in [3.8, 4) is 0 Å². The molecule has 0 saturated heterocycles. The van der Waals surface area contributed by atoms with E-state index in [0.29, 0.717) is 11.4 Å². The maximum absolute atomic E-state index is 7.35. The highest BCUT2D eigenvalue weighted by Crippen LogP contribution is 1.95. The first kappa shape index (κ1) is 9.08. The van der Waals surface area contributed by atoms with E-state index in [4.69, 9.17) is 10.8 Å². The molecule has 0 aromatic carbocycles. The predicted molar refractivity (Wildman–Crippen MR) is 45.1 cm³/mol. The van der Waals surface area contributed by atoms with Crippen LogP contribution in [0.3, 0.4) is 0 Å². The van der Waals surface area contributed by atoms with E-state index >= 15 is 0 Å². The quantitative estimate of drug-likeness (QED) is 0.562. The minimum atomic E-state index is 0.260. The van der Waals surface area contributed by atoms with Gasteiger partial charge in [0.2, 0.25) is 0 Å². The molecule has 2 heteroatoms. The maximum Gasteiger partial charge on any atom is 0.0339 e. The molecular weight excluding hydrogens is 124 g/mol. The molecule has 0 bridgehead atoms. The van der Waals surface area contributed by atoms with E-state index in [2.05, 4.69) is 0 Å². The van der Waals surface area contributed by atoms with Crippen LogP contribution in [0.1, 0.15) is 20.8 Å². The number of allylic oxidation sites excluding steroid dienone is 2. The summed E-state index contributed by atoms with van der Waals surface area (Å²) in [6.45, 7) is 5.63. The Kier molecular flexibility index (Phi) is 3.62. The van der Waals surface area contributed by atoms with Gasteiger partial charge in [0.15, 0.2) is 0 Å². The molecule has 56 valence electrons. The third-order valence-electron chi connectivity index (χ3n) is 1.13. The summed E-state index contributed by atoms with van der Waals surface area (Å²) in [4.78, 5) is 0. The summed E-state index contributed by atoms with van der Waals surface area (Å²) in [6.07, 6.45) is 3.31. The van der Waals surface area contributed by atoms with Crippen molar-refractivity contribution >= 4 is 11.4 Å². The summed E-state index contributed by atoms with van der Waals surface area (Å²) in [7, 11) is 0. The van der Waals surface area contributed by atoms with Crippen LogP contribution >= 0.6 is 0 Å². The normalized spacial score (nSPS) is 10.8. The van der Waals surface area contributed by atoms with Gasteiger partial charge in [-0.3, -0.25) is 0 Å². The first-order chi connectivity index (χ1) is 4.54. The molecule has 0 heterocycles. The number of rotatable bonds is 3. The first-order valence-electron chi connectivity index (χ1n) is 3.35. The van der Waals surface area contributed by atoms with Gasteiger partial charge in [0.05, 0.1) is 0 Å². The van der Waals surface area contributed by atoms with E-state index in [9.17, 15) is 0 Å². The van der Waals surface area contributed by atoms with Gasteiger partial charge in [-0.25, -0.2) is 0 Å². The maximum atomic E-state index is 7.35. The molecule has 0 radical (unpaired) electrons. The molecule has 0 aromatic heterocycles. The zero-order chi connectivity index (χ0) is 8.15. The molecule has 0 atom stereocenters. The lowest BCUT2D eigenvalue weighted by molar-refractivity contribution is 0.882. The smallest absolute Gasteiger partial charge is 0.0339 e. The van der Waals surface area contributed by atoms with Crippen LogP contribution in [-0.2, 0) is 0 Å². The van der Waals surface area contributed by atoms with Gasteiger partial charge in [0.1, 0.15) is 0 Å². The second kappa shape index (κ2) is 3.99. The second-order valence-corrected chi connectivity index (χ2v) is 2.63. The molecule has 2 N–H and O–H groups in total. The average Bonchev–Trinajstić information content (AvgIpc) is 1.82. The van der Waals surface area contributed by atoms with Crippen LogP contribution in [0.2, 0.25) is 0 Å². The van der Waals surface area contributed by atoms with E-state index in [1.165, 1.54) is 0 Å². The lowest BCUT2D eigenvalue weighted by Gasteiger charge is -1.99. The topological polar surface area (TPSA) is 47.7 Å². The van der Waals surface area contributed by atoms with Crippen molar-refractivity contribution in [1.29, 1.82) is 10.8 Å². The van der Waals surface area contributed by atoms with Crippen molar-refractivity contribution in [2.24, 2.45) is 5.92 Å². The summed E-state index contributed by atoms with van der Waals surface area (Å²) in [5.41, 5.74) is 1.07. The van der Waals surface area contributed by atoms with Gasteiger partial charge >= 0.3 is 0 Å². The highest BCUT2D eigenvalue weighted by atomic mass is 14.4.